The maximum atomic E-state index is 11.5. The van der Waals surface area contributed by atoms with E-state index in [0.29, 0.717) is 22.0 Å². The molecule has 0 aromatic rings. The fraction of sp³-hybridized carbons (Fsp3) is 1.00. The molecule has 0 amide bonds. The predicted molar refractivity (Wildman–Crippen MR) is 148 cm³/mol. The summed E-state index contributed by atoms with van der Waals surface area (Å²) in [6.07, 6.45) is 18.2. The van der Waals surface area contributed by atoms with Crippen molar-refractivity contribution in [3.05, 3.63) is 0 Å². The lowest BCUT2D eigenvalue weighted by Gasteiger charge is -2.62. The Morgan fingerprint density at radius 3 is 2.24 bits per heavy atom. The lowest BCUT2D eigenvalue weighted by Crippen LogP contribution is -2.57. The highest BCUT2D eigenvalue weighted by molar-refractivity contribution is 6.74. The van der Waals surface area contributed by atoms with Crippen LogP contribution in [-0.4, -0.2) is 25.1 Å². The van der Waals surface area contributed by atoms with E-state index >= 15 is 0 Å². The summed E-state index contributed by atoms with van der Waals surface area (Å²) in [4.78, 5) is 0. The molecule has 1 N–H and O–H groups in total. The summed E-state index contributed by atoms with van der Waals surface area (Å²) in [6, 6.07) is 0. The second-order valence-corrected chi connectivity index (χ2v) is 20.1. The fourth-order valence-corrected chi connectivity index (χ4v) is 10.6. The lowest BCUT2D eigenvalue weighted by molar-refractivity contribution is -0.155. The molecule has 0 unspecified atom stereocenters. The Bertz CT molecular complexity index is 713. The molecule has 0 saturated heterocycles. The number of aliphatic hydroxyl groups is 1. The Balaban J connectivity index is 1.44. The fourth-order valence-electron chi connectivity index (χ4n) is 9.11. The Labute approximate surface area is 213 Å². The van der Waals surface area contributed by atoms with Gasteiger partial charge in [0.2, 0.25) is 0 Å². The van der Waals surface area contributed by atoms with Crippen molar-refractivity contribution in [1.82, 2.24) is 0 Å². The van der Waals surface area contributed by atoms with E-state index in [1.807, 2.05) is 0 Å². The molecule has 4 rings (SSSR count). The van der Waals surface area contributed by atoms with Gasteiger partial charge in [-0.15, -0.1) is 0 Å². The van der Waals surface area contributed by atoms with Crippen LogP contribution in [-0.2, 0) is 4.43 Å². The third kappa shape index (κ3) is 4.73. The van der Waals surface area contributed by atoms with Crippen LogP contribution in [0.5, 0.6) is 0 Å². The molecule has 4 saturated carbocycles. The summed E-state index contributed by atoms with van der Waals surface area (Å²) in [5.41, 5.74) is 0.468. The topological polar surface area (TPSA) is 29.5 Å². The van der Waals surface area contributed by atoms with E-state index in [-0.39, 0.29) is 5.60 Å². The van der Waals surface area contributed by atoms with E-state index in [0.717, 1.165) is 42.9 Å². The Kier molecular flexibility index (Phi) is 7.56. The summed E-state index contributed by atoms with van der Waals surface area (Å²) >= 11 is 0. The van der Waals surface area contributed by atoms with Crippen molar-refractivity contribution in [2.45, 2.75) is 161 Å². The average molecular weight is 491 g/mol. The van der Waals surface area contributed by atoms with Crippen LogP contribution in [0.3, 0.4) is 0 Å². The zero-order chi connectivity index (χ0) is 25.0. The first kappa shape index (κ1) is 27.2. The molecule has 0 aromatic carbocycles. The van der Waals surface area contributed by atoms with Crippen LogP contribution in [0.4, 0.5) is 0 Å². The highest BCUT2D eigenvalue weighted by Gasteiger charge is 2.62. The maximum absolute atomic E-state index is 11.5. The van der Waals surface area contributed by atoms with Gasteiger partial charge in [0.15, 0.2) is 8.32 Å². The molecule has 4 aliphatic carbocycles. The molecule has 0 aromatic heterocycles. The quantitative estimate of drug-likeness (QED) is 0.285. The number of rotatable bonds is 7. The van der Waals surface area contributed by atoms with E-state index in [9.17, 15) is 5.11 Å². The van der Waals surface area contributed by atoms with E-state index in [1.165, 1.54) is 70.6 Å². The van der Waals surface area contributed by atoms with Crippen molar-refractivity contribution in [3.63, 3.8) is 0 Å². The highest BCUT2D eigenvalue weighted by atomic mass is 28.4. The van der Waals surface area contributed by atoms with Gasteiger partial charge in [-0.25, -0.2) is 0 Å². The van der Waals surface area contributed by atoms with Gasteiger partial charge in [0.25, 0.3) is 0 Å². The third-order valence-corrected chi connectivity index (χ3v) is 17.0. The van der Waals surface area contributed by atoms with Gasteiger partial charge in [-0.3, -0.25) is 0 Å². The van der Waals surface area contributed by atoms with E-state index in [2.05, 4.69) is 54.6 Å². The van der Waals surface area contributed by atoms with Crippen LogP contribution in [0, 0.1) is 34.5 Å². The standard InChI is InChI=1S/C31H58O2Si/c1-9-10-11-12-18-31(32)21-20-29(5)23(22-31)13-14-24-25-15-16-27(30(25,6)19-17-26(24)29)33-34(7,8)28(2,3)4/h23-27,32H,9-22H2,1-8H3/t23-,24-,25-,26-,27-,29-,30-,31-/m0/s1. The summed E-state index contributed by atoms with van der Waals surface area (Å²) in [5.74, 6) is 3.36. The molecule has 4 aliphatic rings. The third-order valence-electron chi connectivity index (χ3n) is 12.5. The second-order valence-electron chi connectivity index (χ2n) is 15.4. The van der Waals surface area contributed by atoms with Gasteiger partial charge in [-0.05, 0) is 117 Å². The van der Waals surface area contributed by atoms with E-state index in [4.69, 9.17) is 4.43 Å². The molecule has 8 atom stereocenters. The Morgan fingerprint density at radius 2 is 1.56 bits per heavy atom. The zero-order valence-corrected chi connectivity index (χ0v) is 25.1. The molecule has 0 aliphatic heterocycles. The van der Waals surface area contributed by atoms with Crippen molar-refractivity contribution in [1.29, 1.82) is 0 Å². The first-order chi connectivity index (χ1) is 15.8. The summed E-state index contributed by atoms with van der Waals surface area (Å²) < 4.78 is 7.14. The van der Waals surface area contributed by atoms with Gasteiger partial charge >= 0.3 is 0 Å². The average Bonchev–Trinajstić information content (AvgIpc) is 3.07. The Hall–Kier alpha value is 0.137. The van der Waals surface area contributed by atoms with Gasteiger partial charge in [-0.1, -0.05) is 67.2 Å². The van der Waals surface area contributed by atoms with Gasteiger partial charge in [0.05, 0.1) is 11.7 Å². The van der Waals surface area contributed by atoms with Crippen LogP contribution in [0.1, 0.15) is 131 Å². The first-order valence-corrected chi connectivity index (χ1v) is 18.1. The van der Waals surface area contributed by atoms with Crippen LogP contribution in [0.2, 0.25) is 18.1 Å². The molecule has 0 heterocycles. The molecule has 0 bridgehead atoms. The molecule has 0 spiro atoms. The number of hydrogen-bond acceptors (Lipinski definition) is 2. The summed E-state index contributed by atoms with van der Waals surface area (Å²) in [7, 11) is -1.74. The van der Waals surface area contributed by atoms with Crippen molar-refractivity contribution >= 4 is 8.32 Å². The highest BCUT2D eigenvalue weighted by Crippen LogP contribution is 2.67. The second kappa shape index (κ2) is 9.46. The largest absolute Gasteiger partial charge is 0.413 e. The van der Waals surface area contributed by atoms with Crippen molar-refractivity contribution in [2.75, 3.05) is 0 Å². The lowest BCUT2D eigenvalue weighted by atomic mass is 9.44. The monoisotopic (exact) mass is 490 g/mol. The minimum Gasteiger partial charge on any atom is -0.413 e. The van der Waals surface area contributed by atoms with Crippen LogP contribution in [0.15, 0.2) is 0 Å². The van der Waals surface area contributed by atoms with Gasteiger partial charge in [0, 0.05) is 0 Å². The number of hydrogen-bond donors (Lipinski definition) is 1. The van der Waals surface area contributed by atoms with Gasteiger partial charge in [0.1, 0.15) is 0 Å². The molecule has 198 valence electrons. The van der Waals surface area contributed by atoms with Crippen molar-refractivity contribution < 1.29 is 9.53 Å². The smallest absolute Gasteiger partial charge is 0.192 e. The Morgan fingerprint density at radius 1 is 0.853 bits per heavy atom. The minimum absolute atomic E-state index is 0.291. The van der Waals surface area contributed by atoms with Crippen molar-refractivity contribution in [2.24, 2.45) is 34.5 Å². The number of unbranched alkanes of at least 4 members (excludes halogenated alkanes) is 3. The molecular formula is C31H58O2Si. The molecule has 2 nitrogen and oxygen atoms in total. The normalized spacial score (nSPS) is 44.9. The molecular weight excluding hydrogens is 432 g/mol. The van der Waals surface area contributed by atoms with Gasteiger partial charge in [-0.2, -0.15) is 0 Å². The van der Waals surface area contributed by atoms with Crippen molar-refractivity contribution in [3.8, 4) is 0 Å². The van der Waals surface area contributed by atoms with E-state index < -0.39 is 8.32 Å². The maximum Gasteiger partial charge on any atom is 0.192 e. The SMILES string of the molecule is CCCCCC[C@]1(O)CC[C@@]2(C)[C@@H](CC[C@@H]3[C@@H]2CC[C@]2(C)[C@@H](O[Si](C)(C)C(C)(C)C)CC[C@@H]32)C1. The predicted octanol–water partition coefficient (Wildman–Crippen LogP) is 9.12. The zero-order valence-electron chi connectivity index (χ0n) is 24.1. The first-order valence-electron chi connectivity index (χ1n) is 15.2. The molecule has 3 heteroatoms. The van der Waals surface area contributed by atoms with Crippen LogP contribution >= 0.6 is 0 Å². The summed E-state index contributed by atoms with van der Waals surface area (Å²) in [6.45, 7) is 19.6. The molecule has 4 fully saturated rings. The number of fused-ring (bicyclic) bond motifs is 5. The van der Waals surface area contributed by atoms with Gasteiger partial charge < -0.3 is 9.53 Å². The molecule has 0 radical (unpaired) electrons. The van der Waals surface area contributed by atoms with E-state index in [1.54, 1.807) is 0 Å². The molecule has 34 heavy (non-hydrogen) atoms. The van der Waals surface area contributed by atoms with Crippen LogP contribution < -0.4 is 0 Å². The minimum atomic E-state index is -1.74. The van der Waals surface area contributed by atoms with Crippen LogP contribution in [0.25, 0.3) is 0 Å². The summed E-state index contributed by atoms with van der Waals surface area (Å²) in [5, 5.41) is 11.8.